The number of fused-ring (bicyclic) bond motifs is 2. The van der Waals surface area contributed by atoms with Gasteiger partial charge in [-0.15, -0.1) is 0 Å². The van der Waals surface area contributed by atoms with Gasteiger partial charge in [0.2, 0.25) is 0 Å². The number of hydrogen-bond acceptors (Lipinski definition) is 4. The Bertz CT molecular complexity index is 311. The molecule has 3 saturated heterocycles. The van der Waals surface area contributed by atoms with Gasteiger partial charge < -0.3 is 15.0 Å². The van der Waals surface area contributed by atoms with Gasteiger partial charge in [-0.2, -0.15) is 0 Å². The predicted octanol–water partition coefficient (Wildman–Crippen LogP) is 1.31. The molecule has 3 fully saturated rings. The fraction of sp³-hybridized carbons (Fsp3) is 1.00. The van der Waals surface area contributed by atoms with Crippen molar-refractivity contribution >= 4 is 0 Å². The molecule has 0 radical (unpaired) electrons. The lowest BCUT2D eigenvalue weighted by Gasteiger charge is -2.40. The largest absolute Gasteiger partial charge is 0.374 e. The molecule has 3 atom stereocenters. The topological polar surface area (TPSA) is 27.7 Å². The number of nitrogens with zero attached hydrogens (tertiary/aromatic N) is 2. The normalized spacial score (nSPS) is 38.9. The molecule has 0 saturated carbocycles. The van der Waals surface area contributed by atoms with Gasteiger partial charge in [-0.25, -0.2) is 0 Å². The molecule has 3 rings (SSSR count). The summed E-state index contributed by atoms with van der Waals surface area (Å²) in [5.41, 5.74) is 0. The summed E-state index contributed by atoms with van der Waals surface area (Å²) >= 11 is 0. The molecule has 0 aromatic rings. The molecule has 20 heavy (non-hydrogen) atoms. The molecule has 0 aromatic heterocycles. The Balaban J connectivity index is 1.49. The number of piperidine rings is 1. The molecule has 0 spiro atoms. The lowest BCUT2D eigenvalue weighted by molar-refractivity contribution is -0.0554. The second-order valence-electron chi connectivity index (χ2n) is 7.28. The number of morpholine rings is 1. The van der Waals surface area contributed by atoms with Crippen molar-refractivity contribution in [1.82, 2.24) is 15.1 Å². The van der Waals surface area contributed by atoms with Crippen molar-refractivity contribution in [3.8, 4) is 0 Å². The Labute approximate surface area is 123 Å². The summed E-state index contributed by atoms with van der Waals surface area (Å²) in [5.74, 6) is 0. The summed E-state index contributed by atoms with van der Waals surface area (Å²) in [6, 6.07) is 2.95. The summed E-state index contributed by atoms with van der Waals surface area (Å²) in [4.78, 5) is 5.12. The summed E-state index contributed by atoms with van der Waals surface area (Å²) in [7, 11) is 2.30. The molecule has 0 amide bonds. The van der Waals surface area contributed by atoms with Crippen LogP contribution in [0.15, 0.2) is 0 Å². The third kappa shape index (κ3) is 3.35. The van der Waals surface area contributed by atoms with E-state index in [-0.39, 0.29) is 0 Å². The number of ether oxygens (including phenoxy) is 1. The van der Waals surface area contributed by atoms with E-state index in [0.29, 0.717) is 12.1 Å². The molecule has 0 aliphatic carbocycles. The van der Waals surface area contributed by atoms with Crippen molar-refractivity contribution in [3.05, 3.63) is 0 Å². The SMILES string of the molecule is CC(C)N1CCOC(CN(C)C2CC3CCC(C2)N3)C1. The zero-order chi connectivity index (χ0) is 14.1. The van der Waals surface area contributed by atoms with Gasteiger partial charge in [0.1, 0.15) is 0 Å². The molecule has 0 aromatic carbocycles. The zero-order valence-electron chi connectivity index (χ0n) is 13.3. The van der Waals surface area contributed by atoms with Gasteiger partial charge in [0.05, 0.1) is 12.7 Å². The lowest BCUT2D eigenvalue weighted by Crippen LogP contribution is -2.53. The van der Waals surface area contributed by atoms with E-state index in [1.54, 1.807) is 0 Å². The third-order valence-electron chi connectivity index (χ3n) is 5.46. The summed E-state index contributed by atoms with van der Waals surface area (Å²) in [6.45, 7) is 8.75. The van der Waals surface area contributed by atoms with Gasteiger partial charge in [-0.05, 0) is 46.6 Å². The molecule has 3 heterocycles. The van der Waals surface area contributed by atoms with E-state index in [1.807, 2.05) is 0 Å². The minimum atomic E-state index is 0.392. The quantitative estimate of drug-likeness (QED) is 0.841. The van der Waals surface area contributed by atoms with E-state index in [9.17, 15) is 0 Å². The number of likely N-dealkylation sites (N-methyl/N-ethyl adjacent to an activating group) is 1. The maximum Gasteiger partial charge on any atom is 0.0829 e. The first kappa shape index (κ1) is 14.8. The van der Waals surface area contributed by atoms with Crippen LogP contribution < -0.4 is 5.32 Å². The van der Waals surface area contributed by atoms with E-state index >= 15 is 0 Å². The van der Waals surface area contributed by atoms with Gasteiger partial charge in [0.25, 0.3) is 0 Å². The van der Waals surface area contributed by atoms with E-state index in [2.05, 4.69) is 36.0 Å². The number of rotatable bonds is 4. The lowest BCUT2D eigenvalue weighted by atomic mass is 9.98. The minimum absolute atomic E-state index is 0.392. The molecule has 4 heteroatoms. The van der Waals surface area contributed by atoms with Gasteiger partial charge in [0, 0.05) is 43.8 Å². The number of hydrogen-bond donors (Lipinski definition) is 1. The summed E-state index contributed by atoms with van der Waals surface area (Å²) in [5, 5.41) is 3.73. The molecule has 2 bridgehead atoms. The summed E-state index contributed by atoms with van der Waals surface area (Å²) in [6.07, 6.45) is 5.82. The zero-order valence-corrected chi connectivity index (χ0v) is 13.3. The maximum atomic E-state index is 5.99. The van der Waals surface area contributed by atoms with Crippen LogP contribution in [0, 0.1) is 0 Å². The van der Waals surface area contributed by atoms with Crippen LogP contribution in [0.1, 0.15) is 39.5 Å². The maximum absolute atomic E-state index is 5.99. The van der Waals surface area contributed by atoms with Crippen molar-refractivity contribution in [3.63, 3.8) is 0 Å². The summed E-state index contributed by atoms with van der Waals surface area (Å²) < 4.78 is 5.99. The third-order valence-corrected chi connectivity index (χ3v) is 5.46. The van der Waals surface area contributed by atoms with Crippen molar-refractivity contribution in [2.24, 2.45) is 0 Å². The Morgan fingerprint density at radius 3 is 2.60 bits per heavy atom. The van der Waals surface area contributed by atoms with Crippen LogP contribution in [-0.4, -0.2) is 73.4 Å². The van der Waals surface area contributed by atoms with Crippen LogP contribution >= 0.6 is 0 Å². The Morgan fingerprint density at radius 2 is 1.95 bits per heavy atom. The Kier molecular flexibility index (Phi) is 4.65. The average Bonchev–Trinajstić information content (AvgIpc) is 2.77. The van der Waals surface area contributed by atoms with Gasteiger partial charge in [-0.3, -0.25) is 4.90 Å². The van der Waals surface area contributed by atoms with Crippen LogP contribution in [0.5, 0.6) is 0 Å². The minimum Gasteiger partial charge on any atom is -0.374 e. The molecule has 1 N–H and O–H groups in total. The highest BCUT2D eigenvalue weighted by Crippen LogP contribution is 2.29. The van der Waals surface area contributed by atoms with Crippen LogP contribution in [0.2, 0.25) is 0 Å². The van der Waals surface area contributed by atoms with Crippen LogP contribution in [-0.2, 0) is 4.74 Å². The molecular formula is C16H31N3O. The molecule has 4 nitrogen and oxygen atoms in total. The fourth-order valence-electron chi connectivity index (χ4n) is 4.18. The van der Waals surface area contributed by atoms with Gasteiger partial charge in [-0.1, -0.05) is 0 Å². The highest BCUT2D eigenvalue weighted by molar-refractivity contribution is 4.95. The molecular weight excluding hydrogens is 250 g/mol. The van der Waals surface area contributed by atoms with E-state index < -0.39 is 0 Å². The van der Waals surface area contributed by atoms with E-state index in [1.165, 1.54) is 25.7 Å². The monoisotopic (exact) mass is 281 g/mol. The first-order valence-corrected chi connectivity index (χ1v) is 8.43. The van der Waals surface area contributed by atoms with Gasteiger partial charge >= 0.3 is 0 Å². The van der Waals surface area contributed by atoms with E-state index in [4.69, 9.17) is 4.74 Å². The first-order valence-electron chi connectivity index (χ1n) is 8.43. The Morgan fingerprint density at radius 1 is 1.25 bits per heavy atom. The van der Waals surface area contributed by atoms with Crippen LogP contribution in [0.4, 0.5) is 0 Å². The second-order valence-corrected chi connectivity index (χ2v) is 7.28. The molecule has 3 aliphatic heterocycles. The second kappa shape index (κ2) is 6.30. The molecule has 3 unspecified atom stereocenters. The van der Waals surface area contributed by atoms with Crippen LogP contribution in [0.3, 0.4) is 0 Å². The smallest absolute Gasteiger partial charge is 0.0829 e. The van der Waals surface area contributed by atoms with Crippen molar-refractivity contribution in [2.75, 3.05) is 33.3 Å². The predicted molar refractivity (Wildman–Crippen MR) is 82.0 cm³/mol. The molecule has 116 valence electrons. The standard InChI is InChI=1S/C16H31N3O/c1-12(2)19-6-7-20-16(11-19)10-18(3)15-8-13-4-5-14(9-15)17-13/h12-17H,4-11H2,1-3H3. The van der Waals surface area contributed by atoms with Crippen molar-refractivity contribution < 1.29 is 4.74 Å². The highest BCUT2D eigenvalue weighted by atomic mass is 16.5. The van der Waals surface area contributed by atoms with Crippen molar-refractivity contribution in [1.29, 1.82) is 0 Å². The fourth-order valence-corrected chi connectivity index (χ4v) is 4.18. The first-order chi connectivity index (χ1) is 9.61. The van der Waals surface area contributed by atoms with Crippen molar-refractivity contribution in [2.45, 2.75) is 69.8 Å². The van der Waals surface area contributed by atoms with Crippen LogP contribution in [0.25, 0.3) is 0 Å². The molecule has 3 aliphatic rings. The average molecular weight is 281 g/mol. The Hall–Kier alpha value is -0.160. The van der Waals surface area contributed by atoms with Gasteiger partial charge in [0.15, 0.2) is 0 Å². The van der Waals surface area contributed by atoms with E-state index in [0.717, 1.165) is 44.4 Å². The highest BCUT2D eigenvalue weighted by Gasteiger charge is 2.36. The number of nitrogens with one attached hydrogen (secondary N) is 1.